The summed E-state index contributed by atoms with van der Waals surface area (Å²) in [6, 6.07) is 7.76. The van der Waals surface area contributed by atoms with Gasteiger partial charge < -0.3 is 25.0 Å². The van der Waals surface area contributed by atoms with E-state index in [2.05, 4.69) is 25.5 Å². The molecule has 3 N–H and O–H groups in total. The molecular formula is C22H26BrN5O3S. The van der Waals surface area contributed by atoms with E-state index in [4.69, 9.17) is 15.5 Å². The second-order valence-electron chi connectivity index (χ2n) is 7.91. The second kappa shape index (κ2) is 9.68. The molecule has 0 bridgehead atoms. The SMILES string of the molecule is COc1ccc(Br)c(Sc2nc3c(N)nccc3n2CCC2CCN(C(=O)[C@@H](C)O)C2)c1. The summed E-state index contributed by atoms with van der Waals surface area (Å²) in [6.45, 7) is 3.62. The van der Waals surface area contributed by atoms with Crippen LogP contribution in [-0.2, 0) is 11.3 Å². The first-order valence-electron chi connectivity index (χ1n) is 10.5. The van der Waals surface area contributed by atoms with E-state index >= 15 is 0 Å². The highest BCUT2D eigenvalue weighted by atomic mass is 79.9. The van der Waals surface area contributed by atoms with Gasteiger partial charge in [0, 0.05) is 35.2 Å². The molecule has 3 heterocycles. The number of hydrogen-bond donors (Lipinski definition) is 2. The van der Waals surface area contributed by atoms with E-state index < -0.39 is 6.10 Å². The maximum Gasteiger partial charge on any atom is 0.251 e. The van der Waals surface area contributed by atoms with Crippen LogP contribution in [0, 0.1) is 5.92 Å². The monoisotopic (exact) mass is 519 g/mol. The van der Waals surface area contributed by atoms with Crippen molar-refractivity contribution in [3.05, 3.63) is 34.9 Å². The number of carbonyl (C=O) groups is 1. The third-order valence-electron chi connectivity index (χ3n) is 5.72. The Morgan fingerprint density at radius 2 is 2.25 bits per heavy atom. The van der Waals surface area contributed by atoms with Crippen molar-refractivity contribution in [3.8, 4) is 5.75 Å². The van der Waals surface area contributed by atoms with Gasteiger partial charge in [0.1, 0.15) is 17.4 Å². The van der Waals surface area contributed by atoms with Gasteiger partial charge in [-0.3, -0.25) is 4.79 Å². The van der Waals surface area contributed by atoms with E-state index in [1.165, 1.54) is 6.92 Å². The second-order valence-corrected chi connectivity index (χ2v) is 9.78. The molecule has 10 heteroatoms. The Kier molecular flexibility index (Phi) is 6.92. The summed E-state index contributed by atoms with van der Waals surface area (Å²) >= 11 is 5.16. The number of nitrogens with two attached hydrogens (primary N) is 1. The van der Waals surface area contributed by atoms with Crippen molar-refractivity contribution in [3.63, 3.8) is 0 Å². The highest BCUT2D eigenvalue weighted by Crippen LogP contribution is 2.38. The van der Waals surface area contributed by atoms with Gasteiger partial charge >= 0.3 is 0 Å². The van der Waals surface area contributed by atoms with Crippen molar-refractivity contribution in [2.45, 2.75) is 42.5 Å². The molecule has 1 aromatic carbocycles. The Balaban J connectivity index is 1.58. The zero-order chi connectivity index (χ0) is 22.8. The Labute approximate surface area is 199 Å². The van der Waals surface area contributed by atoms with E-state index in [1.807, 2.05) is 24.3 Å². The Morgan fingerprint density at radius 3 is 3.00 bits per heavy atom. The van der Waals surface area contributed by atoms with Crippen LogP contribution >= 0.6 is 27.7 Å². The molecule has 32 heavy (non-hydrogen) atoms. The predicted molar refractivity (Wildman–Crippen MR) is 128 cm³/mol. The molecule has 4 rings (SSSR count). The Morgan fingerprint density at radius 1 is 1.44 bits per heavy atom. The van der Waals surface area contributed by atoms with E-state index in [9.17, 15) is 9.90 Å². The summed E-state index contributed by atoms with van der Waals surface area (Å²) in [5.41, 5.74) is 7.74. The molecule has 2 atom stereocenters. The zero-order valence-electron chi connectivity index (χ0n) is 18.0. The van der Waals surface area contributed by atoms with Gasteiger partial charge in [-0.25, -0.2) is 9.97 Å². The van der Waals surface area contributed by atoms with Gasteiger partial charge in [0.05, 0.1) is 12.6 Å². The van der Waals surface area contributed by atoms with Crippen LogP contribution < -0.4 is 10.5 Å². The molecule has 170 valence electrons. The van der Waals surface area contributed by atoms with Crippen molar-refractivity contribution in [2.24, 2.45) is 5.92 Å². The number of aryl methyl sites for hydroxylation is 1. The number of rotatable bonds is 7. The van der Waals surface area contributed by atoms with E-state index in [-0.39, 0.29) is 5.91 Å². The van der Waals surface area contributed by atoms with E-state index in [0.29, 0.717) is 30.3 Å². The van der Waals surface area contributed by atoms with Crippen LogP contribution in [0.5, 0.6) is 5.75 Å². The summed E-state index contributed by atoms with van der Waals surface area (Å²) in [5.74, 6) is 1.35. The van der Waals surface area contributed by atoms with Crippen molar-refractivity contribution in [1.29, 1.82) is 0 Å². The molecule has 1 aliphatic rings. The largest absolute Gasteiger partial charge is 0.497 e. The number of carbonyl (C=O) groups excluding carboxylic acids is 1. The highest BCUT2D eigenvalue weighted by molar-refractivity contribution is 9.10. The van der Waals surface area contributed by atoms with Gasteiger partial charge in [0.25, 0.3) is 5.91 Å². The summed E-state index contributed by atoms with van der Waals surface area (Å²) < 4.78 is 8.50. The molecule has 2 aromatic heterocycles. The van der Waals surface area contributed by atoms with Crippen LogP contribution in [0.4, 0.5) is 5.82 Å². The summed E-state index contributed by atoms with van der Waals surface area (Å²) in [7, 11) is 1.65. The van der Waals surface area contributed by atoms with Crippen LogP contribution in [0.3, 0.4) is 0 Å². The number of aromatic nitrogens is 3. The molecule has 1 aliphatic heterocycles. The highest BCUT2D eigenvalue weighted by Gasteiger charge is 2.28. The van der Waals surface area contributed by atoms with Crippen molar-refractivity contribution < 1.29 is 14.6 Å². The number of imidazole rings is 1. The van der Waals surface area contributed by atoms with Crippen molar-refractivity contribution in [2.75, 3.05) is 25.9 Å². The fourth-order valence-electron chi connectivity index (χ4n) is 3.98. The van der Waals surface area contributed by atoms with Gasteiger partial charge in [-0.1, -0.05) is 11.8 Å². The number of aliphatic hydroxyl groups is 1. The van der Waals surface area contributed by atoms with Crippen molar-refractivity contribution in [1.82, 2.24) is 19.4 Å². The van der Waals surface area contributed by atoms with Crippen LogP contribution in [0.1, 0.15) is 19.8 Å². The number of likely N-dealkylation sites (tertiary alicyclic amines) is 1. The van der Waals surface area contributed by atoms with Crippen LogP contribution in [0.25, 0.3) is 11.0 Å². The molecule has 1 unspecified atom stereocenters. The summed E-state index contributed by atoms with van der Waals surface area (Å²) in [4.78, 5) is 23.8. The number of benzene rings is 1. The number of nitrogen functional groups attached to an aromatic ring is 1. The number of hydrogen-bond acceptors (Lipinski definition) is 7. The van der Waals surface area contributed by atoms with Crippen LogP contribution in [0.2, 0.25) is 0 Å². The molecule has 0 saturated carbocycles. The molecule has 0 aliphatic carbocycles. The average molecular weight is 520 g/mol. The Hall–Kier alpha value is -2.30. The van der Waals surface area contributed by atoms with Gasteiger partial charge in [-0.2, -0.15) is 0 Å². The van der Waals surface area contributed by atoms with Gasteiger partial charge in [-0.05, 0) is 65.9 Å². The minimum atomic E-state index is -0.953. The zero-order valence-corrected chi connectivity index (χ0v) is 20.4. The first kappa shape index (κ1) is 22.9. The first-order valence-corrected chi connectivity index (χ1v) is 12.1. The quantitative estimate of drug-likeness (QED) is 0.491. The van der Waals surface area contributed by atoms with Gasteiger partial charge in [0.2, 0.25) is 0 Å². The lowest BCUT2D eigenvalue weighted by Crippen LogP contribution is -2.36. The maximum absolute atomic E-state index is 12.1. The lowest BCUT2D eigenvalue weighted by atomic mass is 10.1. The fourth-order valence-corrected chi connectivity index (χ4v) is 5.44. The average Bonchev–Trinajstić information content (AvgIpc) is 3.38. The number of methoxy groups -OCH3 is 1. The maximum atomic E-state index is 12.1. The molecule has 1 amide bonds. The number of nitrogens with zero attached hydrogens (tertiary/aromatic N) is 4. The molecule has 0 radical (unpaired) electrons. The number of halogens is 1. The molecular weight excluding hydrogens is 494 g/mol. The molecule has 3 aromatic rings. The number of pyridine rings is 1. The minimum Gasteiger partial charge on any atom is -0.497 e. The molecule has 1 fully saturated rings. The number of fused-ring (bicyclic) bond motifs is 1. The standard InChI is InChI=1S/C22H26BrN5O3S/c1-13(29)21(30)27-9-6-14(12-27)7-10-28-17-5-8-25-20(24)19(17)26-22(28)32-18-11-15(31-2)3-4-16(18)23/h3-5,8,11,13-14,29H,6-7,9-10,12H2,1-2H3,(H2,24,25)/t13-,14?/m1/s1. The molecule has 0 spiro atoms. The van der Waals surface area contributed by atoms with E-state index in [0.717, 1.165) is 45.2 Å². The van der Waals surface area contributed by atoms with E-state index in [1.54, 1.807) is 30.0 Å². The number of ether oxygens (including phenoxy) is 1. The third-order valence-corrected chi connectivity index (χ3v) is 7.72. The van der Waals surface area contributed by atoms with Crippen molar-refractivity contribution >= 4 is 50.5 Å². The number of anilines is 1. The minimum absolute atomic E-state index is 0.196. The fraction of sp³-hybridized carbons (Fsp3) is 0.409. The van der Waals surface area contributed by atoms with Gasteiger partial charge in [0.15, 0.2) is 11.0 Å². The predicted octanol–water partition coefficient (Wildman–Crippen LogP) is 3.56. The lowest BCUT2D eigenvalue weighted by molar-refractivity contribution is -0.138. The molecule has 1 saturated heterocycles. The normalized spacial score (nSPS) is 17.1. The number of aliphatic hydroxyl groups excluding tert-OH is 1. The van der Waals surface area contributed by atoms with Crippen LogP contribution in [-0.4, -0.2) is 56.8 Å². The van der Waals surface area contributed by atoms with Crippen LogP contribution in [0.15, 0.2) is 45.0 Å². The smallest absolute Gasteiger partial charge is 0.251 e. The van der Waals surface area contributed by atoms with Gasteiger partial charge in [-0.15, -0.1) is 0 Å². The Bertz CT molecular complexity index is 1140. The lowest BCUT2D eigenvalue weighted by Gasteiger charge is -2.18. The first-order chi connectivity index (χ1) is 15.4. The molecule has 8 nitrogen and oxygen atoms in total. The topological polar surface area (TPSA) is 107 Å². The summed E-state index contributed by atoms with van der Waals surface area (Å²) in [6.07, 6.45) is 2.57. The number of amides is 1. The third kappa shape index (κ3) is 4.72. The summed E-state index contributed by atoms with van der Waals surface area (Å²) in [5, 5.41) is 10.4.